The molecule has 4 nitrogen and oxygen atoms in total. The molecule has 0 spiro atoms. The van der Waals surface area contributed by atoms with Crippen molar-refractivity contribution < 1.29 is 14.3 Å². The van der Waals surface area contributed by atoms with E-state index in [0.717, 1.165) is 25.2 Å². The Morgan fingerprint density at radius 1 is 1.38 bits per heavy atom. The molecule has 2 rings (SSSR count). The predicted octanol–water partition coefficient (Wildman–Crippen LogP) is 2.86. The second-order valence-corrected chi connectivity index (χ2v) is 6.06. The van der Waals surface area contributed by atoms with Gasteiger partial charge in [0.15, 0.2) is 0 Å². The van der Waals surface area contributed by atoms with Crippen molar-refractivity contribution in [2.24, 2.45) is 5.92 Å². The number of hydrogen-bond acceptors (Lipinski definition) is 4. The standard InChI is InChI=1S/C17H25NO3/c1-11(2)9-15(17(19)20-4)18-12(3)13-5-6-16-14(10-13)7-8-21-16/h5-6,10-12,15,18H,7-9H2,1-4H3. The molecule has 0 aromatic heterocycles. The van der Waals surface area contributed by atoms with E-state index in [0.29, 0.717) is 5.92 Å². The average Bonchev–Trinajstić information content (AvgIpc) is 2.92. The SMILES string of the molecule is COC(=O)C(CC(C)C)NC(C)c1ccc2c(c1)CCO2. The van der Waals surface area contributed by atoms with Crippen molar-refractivity contribution in [1.82, 2.24) is 5.32 Å². The van der Waals surface area contributed by atoms with Gasteiger partial charge in [-0.15, -0.1) is 0 Å². The van der Waals surface area contributed by atoms with Gasteiger partial charge in [0.05, 0.1) is 13.7 Å². The Balaban J connectivity index is 2.07. The van der Waals surface area contributed by atoms with Gasteiger partial charge in [0.2, 0.25) is 0 Å². The topological polar surface area (TPSA) is 47.6 Å². The maximum atomic E-state index is 11.9. The molecule has 1 aromatic carbocycles. The summed E-state index contributed by atoms with van der Waals surface area (Å²) in [6.45, 7) is 7.05. The number of benzene rings is 1. The van der Waals surface area contributed by atoms with E-state index in [9.17, 15) is 4.79 Å². The molecule has 0 fully saturated rings. The van der Waals surface area contributed by atoms with Gasteiger partial charge in [-0.25, -0.2) is 0 Å². The third-order valence-electron chi connectivity index (χ3n) is 3.86. The lowest BCUT2D eigenvalue weighted by Gasteiger charge is -2.23. The first kappa shape index (κ1) is 15.8. The highest BCUT2D eigenvalue weighted by molar-refractivity contribution is 5.75. The van der Waals surface area contributed by atoms with E-state index in [1.165, 1.54) is 18.2 Å². The zero-order valence-corrected chi connectivity index (χ0v) is 13.3. The summed E-state index contributed by atoms with van der Waals surface area (Å²) in [5.74, 6) is 1.22. The second-order valence-electron chi connectivity index (χ2n) is 6.06. The van der Waals surface area contributed by atoms with Gasteiger partial charge in [-0.2, -0.15) is 0 Å². The normalized spacial score (nSPS) is 16.2. The fourth-order valence-electron chi connectivity index (χ4n) is 2.72. The molecule has 1 heterocycles. The van der Waals surface area contributed by atoms with Crippen LogP contribution >= 0.6 is 0 Å². The fourth-order valence-corrected chi connectivity index (χ4v) is 2.72. The molecule has 2 atom stereocenters. The van der Waals surface area contributed by atoms with E-state index < -0.39 is 0 Å². The monoisotopic (exact) mass is 291 g/mol. The van der Waals surface area contributed by atoms with Gasteiger partial charge >= 0.3 is 5.97 Å². The first-order valence-electron chi connectivity index (χ1n) is 7.60. The van der Waals surface area contributed by atoms with Crippen LogP contribution in [0.4, 0.5) is 0 Å². The lowest BCUT2D eigenvalue weighted by molar-refractivity contribution is -0.143. The Bertz CT molecular complexity index is 499. The van der Waals surface area contributed by atoms with Crippen LogP contribution < -0.4 is 10.1 Å². The molecule has 1 aliphatic heterocycles. The lowest BCUT2D eigenvalue weighted by Crippen LogP contribution is -2.40. The number of nitrogens with one attached hydrogen (secondary N) is 1. The smallest absolute Gasteiger partial charge is 0.322 e. The van der Waals surface area contributed by atoms with Gasteiger partial charge in [-0.05, 0) is 36.5 Å². The van der Waals surface area contributed by atoms with Crippen molar-refractivity contribution in [2.75, 3.05) is 13.7 Å². The number of ether oxygens (including phenoxy) is 2. The maximum absolute atomic E-state index is 11.9. The minimum absolute atomic E-state index is 0.0961. The molecule has 1 N–H and O–H groups in total. The first-order chi connectivity index (χ1) is 10.0. The summed E-state index contributed by atoms with van der Waals surface area (Å²) in [5.41, 5.74) is 2.43. The van der Waals surface area contributed by atoms with Crippen LogP contribution in [0.5, 0.6) is 5.75 Å². The van der Waals surface area contributed by atoms with E-state index in [1.807, 2.05) is 6.07 Å². The van der Waals surface area contributed by atoms with Crippen LogP contribution in [-0.2, 0) is 16.0 Å². The van der Waals surface area contributed by atoms with Crippen molar-refractivity contribution in [2.45, 2.75) is 45.7 Å². The summed E-state index contributed by atoms with van der Waals surface area (Å²) < 4.78 is 10.4. The minimum atomic E-state index is -0.269. The van der Waals surface area contributed by atoms with Crippen LogP contribution in [0.15, 0.2) is 18.2 Å². The Morgan fingerprint density at radius 2 is 2.14 bits per heavy atom. The fraction of sp³-hybridized carbons (Fsp3) is 0.588. The van der Waals surface area contributed by atoms with Gasteiger partial charge in [-0.3, -0.25) is 10.1 Å². The van der Waals surface area contributed by atoms with E-state index in [-0.39, 0.29) is 18.1 Å². The molecular formula is C17H25NO3. The molecule has 21 heavy (non-hydrogen) atoms. The molecule has 0 saturated carbocycles. The molecule has 116 valence electrons. The van der Waals surface area contributed by atoms with Crippen LogP contribution in [0, 0.1) is 5.92 Å². The summed E-state index contributed by atoms with van der Waals surface area (Å²) in [6.07, 6.45) is 1.73. The summed E-state index contributed by atoms with van der Waals surface area (Å²) >= 11 is 0. The minimum Gasteiger partial charge on any atom is -0.493 e. The van der Waals surface area contributed by atoms with Gasteiger partial charge < -0.3 is 9.47 Å². The molecule has 1 aromatic rings. The maximum Gasteiger partial charge on any atom is 0.322 e. The van der Waals surface area contributed by atoms with Crippen molar-refractivity contribution in [1.29, 1.82) is 0 Å². The summed E-state index contributed by atoms with van der Waals surface area (Å²) in [6, 6.07) is 6.08. The van der Waals surface area contributed by atoms with Crippen LogP contribution in [-0.4, -0.2) is 25.7 Å². The van der Waals surface area contributed by atoms with Gasteiger partial charge in [0.1, 0.15) is 11.8 Å². The highest BCUT2D eigenvalue weighted by atomic mass is 16.5. The van der Waals surface area contributed by atoms with Crippen LogP contribution in [0.2, 0.25) is 0 Å². The molecule has 0 aliphatic carbocycles. The lowest BCUT2D eigenvalue weighted by atomic mass is 10.00. The number of carbonyl (C=O) groups excluding carboxylic acids is 1. The molecule has 0 radical (unpaired) electrons. The quantitative estimate of drug-likeness (QED) is 0.819. The predicted molar refractivity (Wildman–Crippen MR) is 82.5 cm³/mol. The van der Waals surface area contributed by atoms with Gasteiger partial charge in [0.25, 0.3) is 0 Å². The van der Waals surface area contributed by atoms with E-state index in [1.54, 1.807) is 0 Å². The van der Waals surface area contributed by atoms with Crippen LogP contribution in [0.1, 0.15) is 44.4 Å². The first-order valence-corrected chi connectivity index (χ1v) is 7.60. The van der Waals surface area contributed by atoms with Gasteiger partial charge in [-0.1, -0.05) is 26.0 Å². The summed E-state index contributed by atoms with van der Waals surface area (Å²) in [5, 5.41) is 3.39. The molecule has 2 unspecified atom stereocenters. The molecule has 0 amide bonds. The van der Waals surface area contributed by atoms with Crippen molar-refractivity contribution >= 4 is 5.97 Å². The second kappa shape index (κ2) is 6.94. The summed E-state index contributed by atoms with van der Waals surface area (Å²) in [4.78, 5) is 11.9. The molecule has 1 aliphatic rings. The highest BCUT2D eigenvalue weighted by Crippen LogP contribution is 2.28. The number of carbonyl (C=O) groups is 1. The number of methoxy groups -OCH3 is 1. The Labute approximate surface area is 126 Å². The number of fused-ring (bicyclic) bond motifs is 1. The third-order valence-corrected chi connectivity index (χ3v) is 3.86. The average molecular weight is 291 g/mol. The Kier molecular flexibility index (Phi) is 5.23. The molecule has 0 saturated heterocycles. The largest absolute Gasteiger partial charge is 0.493 e. The van der Waals surface area contributed by atoms with Gasteiger partial charge in [0, 0.05) is 12.5 Å². The Morgan fingerprint density at radius 3 is 2.81 bits per heavy atom. The number of esters is 1. The summed E-state index contributed by atoms with van der Waals surface area (Å²) in [7, 11) is 1.44. The Hall–Kier alpha value is -1.55. The van der Waals surface area contributed by atoms with Crippen molar-refractivity contribution in [3.63, 3.8) is 0 Å². The highest BCUT2D eigenvalue weighted by Gasteiger charge is 2.23. The van der Waals surface area contributed by atoms with Crippen LogP contribution in [0.25, 0.3) is 0 Å². The van der Waals surface area contributed by atoms with Crippen LogP contribution in [0.3, 0.4) is 0 Å². The number of rotatable bonds is 6. The zero-order valence-electron chi connectivity index (χ0n) is 13.3. The number of hydrogen-bond donors (Lipinski definition) is 1. The molecule has 4 heteroatoms. The van der Waals surface area contributed by atoms with Crippen molar-refractivity contribution in [3.05, 3.63) is 29.3 Å². The van der Waals surface area contributed by atoms with E-state index in [2.05, 4.69) is 38.2 Å². The van der Waals surface area contributed by atoms with Crippen molar-refractivity contribution in [3.8, 4) is 5.75 Å². The zero-order chi connectivity index (χ0) is 15.4. The molecular weight excluding hydrogens is 266 g/mol. The molecule has 0 bridgehead atoms. The van der Waals surface area contributed by atoms with E-state index >= 15 is 0 Å². The van der Waals surface area contributed by atoms with E-state index in [4.69, 9.17) is 9.47 Å². The third kappa shape index (κ3) is 3.97.